The van der Waals surface area contributed by atoms with Gasteiger partial charge >= 0.3 is 0 Å². The zero-order valence-corrected chi connectivity index (χ0v) is 69.1. The van der Waals surface area contributed by atoms with E-state index in [1.54, 1.807) is 0 Å². The number of hydrogen-bond donors (Lipinski definition) is 0. The molecule has 112 heavy (non-hydrogen) atoms. The Morgan fingerprint density at radius 1 is 0.312 bits per heavy atom. The van der Waals surface area contributed by atoms with Gasteiger partial charge in [-0.05, 0) is 197 Å². The number of nitrogens with zero attached hydrogens (tertiary/aromatic N) is 3. The van der Waals surface area contributed by atoms with Gasteiger partial charge in [-0.15, -0.1) is 0 Å². The van der Waals surface area contributed by atoms with E-state index in [1.165, 1.54) is 154 Å². The van der Waals surface area contributed by atoms with Gasteiger partial charge in [0.2, 0.25) is 0 Å². The first-order chi connectivity index (χ1) is 55.5. The summed E-state index contributed by atoms with van der Waals surface area (Å²) in [5, 5.41) is 8.83. The van der Waals surface area contributed by atoms with Crippen molar-refractivity contribution in [1.29, 1.82) is 0 Å². The van der Waals surface area contributed by atoms with Gasteiger partial charge in [0.25, 0.3) is 0 Å². The van der Waals surface area contributed by atoms with Crippen LogP contribution in [0, 0.1) is 0 Å². The molecule has 0 spiro atoms. The lowest BCUT2D eigenvalue weighted by atomic mass is 9.91. The van der Waals surface area contributed by atoms with E-state index < -0.39 is 48.4 Å². The zero-order chi connectivity index (χ0) is 74.7. The highest BCUT2D eigenvalue weighted by Crippen LogP contribution is 2.80. The standard InChI is InChI=1S/C103H95N3P6/c1-2-3-71-104(110-96(81-33-14-5-15-34-81)65-66-97(110)82-35-16-6-17-36-82)107(91-60-55-78(56-61-91)76-31-12-4-13-32-76)92-62-57-79(58-63-92)77-51-53-80(54-52-77)87-59-64-102-89(72-87)74-105(111-98(83-37-18-7-19-38-83)67-68-99(111)84-39-20-8-21-40-84)109(102)93-48-30-45-88(73-93)95-75-106(108(90-46-26-11-27-47-90)103-50-29-28-49-94(95)103)112-100(85-41-22-9-23-42-85)69-70-101(112)86-43-24-10-25-44-86/h4-64,72-73,95-101H,2-3,65-71,74-75H2,1H3/t95?,96-,97-,98-,99-,100-,101-,107?,108?,109?/m0/s1. The van der Waals surface area contributed by atoms with Crippen LogP contribution >= 0.6 is 48.4 Å². The van der Waals surface area contributed by atoms with Gasteiger partial charge in [0.15, 0.2) is 0 Å². The number of rotatable bonds is 21. The fourth-order valence-corrected chi connectivity index (χ4v) is 41.7. The summed E-state index contributed by atoms with van der Waals surface area (Å²) in [6, 6.07) is 149. The minimum atomic E-state index is -0.940. The van der Waals surface area contributed by atoms with E-state index in [9.17, 15) is 0 Å². The van der Waals surface area contributed by atoms with Crippen LogP contribution in [0.1, 0.15) is 148 Å². The molecule has 0 amide bonds. The van der Waals surface area contributed by atoms with E-state index in [4.69, 9.17) is 0 Å². The summed E-state index contributed by atoms with van der Waals surface area (Å²) in [4.78, 5) is 0. The fraction of sp³-hybridized carbons (Fsp3) is 0.184. The summed E-state index contributed by atoms with van der Waals surface area (Å²) in [5.41, 5.74) is 23.8. The smallest absolute Gasteiger partial charge is 0.0326 e. The molecule has 3 saturated heterocycles. The molecule has 0 bridgehead atoms. The maximum Gasteiger partial charge on any atom is 0.0326 e. The summed E-state index contributed by atoms with van der Waals surface area (Å²) < 4.78 is 9.33. The van der Waals surface area contributed by atoms with Crippen LogP contribution in [0.25, 0.3) is 33.4 Å². The van der Waals surface area contributed by atoms with Crippen LogP contribution in [0.5, 0.6) is 0 Å². The molecule has 0 radical (unpaired) electrons. The molecule has 3 fully saturated rings. The summed E-state index contributed by atoms with van der Waals surface area (Å²) in [6.45, 7) is 5.37. The van der Waals surface area contributed by atoms with Crippen molar-refractivity contribution in [2.45, 2.75) is 105 Å². The van der Waals surface area contributed by atoms with Crippen molar-refractivity contribution < 1.29 is 0 Å². The van der Waals surface area contributed by atoms with E-state index in [0.29, 0.717) is 34.0 Å². The molecule has 0 N–H and O–H groups in total. The predicted molar refractivity (Wildman–Crippen MR) is 486 cm³/mol. The van der Waals surface area contributed by atoms with Gasteiger partial charge in [0.05, 0.1) is 0 Å². The van der Waals surface area contributed by atoms with Crippen LogP contribution in [0.3, 0.4) is 0 Å². The molecular formula is C103H95N3P6. The van der Waals surface area contributed by atoms with Crippen LogP contribution in [0.2, 0.25) is 0 Å². The van der Waals surface area contributed by atoms with E-state index >= 15 is 0 Å². The fourth-order valence-electron chi connectivity index (χ4n) is 19.0. The summed E-state index contributed by atoms with van der Waals surface area (Å²) in [5.74, 6) is 0.195. The first-order valence-electron chi connectivity index (χ1n) is 40.7. The highest BCUT2D eigenvalue weighted by molar-refractivity contribution is 7.81. The maximum absolute atomic E-state index is 3.14. The third-order valence-corrected chi connectivity index (χ3v) is 43.8. The normalized spacial score (nSPS) is 21.8. The first kappa shape index (κ1) is 73.7. The number of fused-ring (bicyclic) bond motifs is 2. The Morgan fingerprint density at radius 3 is 1.14 bits per heavy atom. The van der Waals surface area contributed by atoms with Crippen molar-refractivity contribution in [2.75, 3.05) is 13.1 Å². The van der Waals surface area contributed by atoms with Gasteiger partial charge in [0, 0.05) is 83.7 Å². The number of hydrogen-bond acceptors (Lipinski definition) is 3. The second-order valence-corrected chi connectivity index (χ2v) is 45.6. The van der Waals surface area contributed by atoms with Gasteiger partial charge in [0.1, 0.15) is 0 Å². The van der Waals surface area contributed by atoms with Crippen LogP contribution in [-0.4, -0.2) is 26.4 Å². The van der Waals surface area contributed by atoms with Gasteiger partial charge in [-0.25, -0.2) is 4.44 Å². The Balaban J connectivity index is 0.680. The van der Waals surface area contributed by atoms with Gasteiger partial charge < -0.3 is 0 Å². The van der Waals surface area contributed by atoms with Crippen LogP contribution in [0.4, 0.5) is 0 Å². The van der Waals surface area contributed by atoms with Crippen molar-refractivity contribution in [1.82, 2.24) is 13.3 Å². The number of benzene rings is 14. The lowest BCUT2D eigenvalue weighted by Gasteiger charge is -2.48. The Labute approximate surface area is 672 Å². The van der Waals surface area contributed by atoms with Crippen molar-refractivity contribution in [3.8, 4) is 33.4 Å². The topological polar surface area (TPSA) is 9.72 Å². The third kappa shape index (κ3) is 14.9. The van der Waals surface area contributed by atoms with E-state index in [0.717, 1.165) is 32.5 Å². The molecule has 0 aromatic heterocycles. The molecule has 14 aromatic rings. The Kier molecular flexibility index (Phi) is 22.3. The molecule has 0 saturated carbocycles. The van der Waals surface area contributed by atoms with Crippen molar-refractivity contribution in [3.63, 3.8) is 0 Å². The molecule has 5 heterocycles. The van der Waals surface area contributed by atoms with E-state index in [1.807, 2.05) is 0 Å². The highest BCUT2D eigenvalue weighted by Gasteiger charge is 2.51. The molecule has 14 aromatic carbocycles. The summed E-state index contributed by atoms with van der Waals surface area (Å²) in [7, 11) is -4.71. The summed E-state index contributed by atoms with van der Waals surface area (Å²) in [6.07, 6.45) is 9.50. The Hall–Kier alpha value is -8.46. The monoisotopic (exact) mass is 1560 g/mol. The minimum absolute atomic E-state index is 0.195. The lowest BCUT2D eigenvalue weighted by molar-refractivity contribution is 0.616. The molecule has 552 valence electrons. The van der Waals surface area contributed by atoms with Crippen LogP contribution in [-0.2, 0) is 6.54 Å². The molecule has 19 rings (SSSR count). The van der Waals surface area contributed by atoms with E-state index in [-0.39, 0.29) is 5.92 Å². The second kappa shape index (κ2) is 33.9. The molecule has 0 aliphatic carbocycles. The molecule has 4 unspecified atom stereocenters. The van der Waals surface area contributed by atoms with Gasteiger partial charge in [-0.1, -0.05) is 383 Å². The third-order valence-electron chi connectivity index (χ3n) is 24.3. The molecule has 3 nitrogen and oxygen atoms in total. The van der Waals surface area contributed by atoms with Gasteiger partial charge in [-0.3, -0.25) is 8.88 Å². The number of unbranched alkanes of at least 4 members (excludes halogenated alkanes) is 1. The van der Waals surface area contributed by atoms with Gasteiger partial charge in [-0.2, -0.15) is 0 Å². The summed E-state index contributed by atoms with van der Waals surface area (Å²) >= 11 is 0. The second-order valence-electron chi connectivity index (χ2n) is 30.8. The molecule has 5 aliphatic heterocycles. The molecule has 5 aliphatic rings. The predicted octanol–water partition coefficient (Wildman–Crippen LogP) is 27.1. The largest absolute Gasteiger partial charge is 0.251 e. The van der Waals surface area contributed by atoms with Crippen LogP contribution < -0.4 is 31.8 Å². The SMILES string of the molecule is CCCCN(P(c1ccc(-c2ccccc2)cc1)c1ccc(-c2ccc(-c3ccc4c(c3)CN(P3[C@H](c5ccccc5)CC[C@H]3c3ccccc3)P4c3cccc(C4CN(P5[C@H](c6ccccc6)CC[C@H]5c5ccccc5)P(c5ccccc5)c5ccccc54)c3)cc2)cc1)P1[C@H](c2ccccc2)CC[C@H]1c1ccccc1. The lowest BCUT2D eigenvalue weighted by Crippen LogP contribution is -2.38. The quantitative estimate of drug-likeness (QED) is 0.0664. The highest BCUT2D eigenvalue weighted by atomic mass is 31.2. The zero-order valence-electron chi connectivity index (χ0n) is 63.7. The molecular weight excluding hydrogens is 1460 g/mol. The van der Waals surface area contributed by atoms with Crippen molar-refractivity contribution >= 4 is 80.3 Å². The first-order valence-corrected chi connectivity index (χ1v) is 48.8. The minimum Gasteiger partial charge on any atom is -0.251 e. The van der Waals surface area contributed by atoms with Crippen molar-refractivity contribution in [2.24, 2.45) is 0 Å². The van der Waals surface area contributed by atoms with Crippen molar-refractivity contribution in [3.05, 3.63) is 432 Å². The maximum atomic E-state index is 3.14. The average molecular weight is 1560 g/mol. The Bertz CT molecular complexity index is 5300. The Morgan fingerprint density at radius 2 is 0.670 bits per heavy atom. The van der Waals surface area contributed by atoms with Crippen LogP contribution in [0.15, 0.2) is 382 Å². The van der Waals surface area contributed by atoms with E-state index in [2.05, 4.69) is 402 Å². The molecule has 10 atom stereocenters. The molecule has 9 heteroatoms. The average Bonchev–Trinajstić information content (AvgIpc) is 1.20.